The molecular formula is C16H19N5. The number of nitrogens with zero attached hydrogens (tertiary/aromatic N) is 4. The van der Waals surface area contributed by atoms with E-state index in [9.17, 15) is 0 Å². The number of nitrogens with one attached hydrogen (secondary N) is 1. The van der Waals surface area contributed by atoms with E-state index in [0.29, 0.717) is 0 Å². The van der Waals surface area contributed by atoms with Gasteiger partial charge >= 0.3 is 0 Å². The molecule has 2 aromatic heterocycles. The molecule has 0 atom stereocenters. The average molecular weight is 281 g/mol. The molecule has 3 aromatic rings. The smallest absolute Gasteiger partial charge is 0.0997 e. The number of aryl methyl sites for hydroxylation is 1. The topological polar surface area (TPSA) is 47.7 Å². The first-order valence-corrected chi connectivity index (χ1v) is 7.11. The third kappa shape index (κ3) is 2.73. The van der Waals surface area contributed by atoms with Crippen LogP contribution >= 0.6 is 0 Å². The van der Waals surface area contributed by atoms with Gasteiger partial charge in [-0.3, -0.25) is 9.25 Å². The van der Waals surface area contributed by atoms with Crippen molar-refractivity contribution in [2.45, 2.75) is 20.0 Å². The van der Waals surface area contributed by atoms with Crippen molar-refractivity contribution in [2.75, 3.05) is 7.05 Å². The van der Waals surface area contributed by atoms with Crippen LogP contribution in [0.5, 0.6) is 0 Å². The van der Waals surface area contributed by atoms with Crippen LogP contribution in [0.3, 0.4) is 0 Å². The Labute approximate surface area is 124 Å². The van der Waals surface area contributed by atoms with Crippen molar-refractivity contribution in [1.82, 2.24) is 24.6 Å². The lowest BCUT2D eigenvalue weighted by Gasteiger charge is -2.09. The van der Waals surface area contributed by atoms with Gasteiger partial charge in [0.15, 0.2) is 0 Å². The largest absolute Gasteiger partial charge is 0.316 e. The molecule has 21 heavy (non-hydrogen) atoms. The Morgan fingerprint density at radius 2 is 2.14 bits per heavy atom. The molecule has 5 nitrogen and oxygen atoms in total. The molecule has 0 saturated heterocycles. The van der Waals surface area contributed by atoms with Crippen molar-refractivity contribution in [3.05, 3.63) is 54.7 Å². The lowest BCUT2D eigenvalue weighted by atomic mass is 10.2. The standard InChI is InChI=1S/C16H19N5/c1-3-20-11-14(9-19-20)16-10-18-12-21(16)15-6-4-5-13(7-15)8-17-2/h4-7,9-12,17H,3,8H2,1-2H3. The minimum atomic E-state index is 0.853. The molecule has 0 spiro atoms. The summed E-state index contributed by atoms with van der Waals surface area (Å²) >= 11 is 0. The molecule has 3 rings (SSSR count). The van der Waals surface area contributed by atoms with Crippen molar-refractivity contribution in [2.24, 2.45) is 0 Å². The molecule has 1 N–H and O–H groups in total. The molecule has 0 aliphatic carbocycles. The molecular weight excluding hydrogens is 262 g/mol. The number of rotatable bonds is 5. The molecule has 0 amide bonds. The number of benzene rings is 1. The predicted octanol–water partition coefficient (Wildman–Crippen LogP) is 2.48. The van der Waals surface area contributed by atoms with Crippen LogP contribution in [-0.4, -0.2) is 26.4 Å². The Morgan fingerprint density at radius 3 is 2.90 bits per heavy atom. The summed E-state index contributed by atoms with van der Waals surface area (Å²) in [6, 6.07) is 8.45. The van der Waals surface area contributed by atoms with E-state index in [0.717, 1.165) is 30.0 Å². The predicted molar refractivity (Wildman–Crippen MR) is 83.2 cm³/mol. The first-order chi connectivity index (χ1) is 10.3. The van der Waals surface area contributed by atoms with E-state index in [4.69, 9.17) is 0 Å². The van der Waals surface area contributed by atoms with Gasteiger partial charge in [0.25, 0.3) is 0 Å². The SMILES string of the molecule is CCn1cc(-c2cncn2-c2cccc(CNC)c2)cn1. The highest BCUT2D eigenvalue weighted by atomic mass is 15.3. The maximum Gasteiger partial charge on any atom is 0.0997 e. The molecule has 0 saturated carbocycles. The average Bonchev–Trinajstić information content (AvgIpc) is 3.16. The van der Waals surface area contributed by atoms with Gasteiger partial charge in [0.05, 0.1) is 24.4 Å². The summed E-state index contributed by atoms with van der Waals surface area (Å²) in [6.45, 7) is 3.80. The normalized spacial score (nSPS) is 11.0. The fourth-order valence-electron chi connectivity index (χ4n) is 2.40. The first-order valence-electron chi connectivity index (χ1n) is 7.11. The molecule has 2 heterocycles. The summed E-state index contributed by atoms with van der Waals surface area (Å²) in [5.74, 6) is 0. The Morgan fingerprint density at radius 1 is 1.24 bits per heavy atom. The maximum absolute atomic E-state index is 4.34. The highest BCUT2D eigenvalue weighted by molar-refractivity contribution is 5.60. The van der Waals surface area contributed by atoms with E-state index in [1.165, 1.54) is 5.56 Å². The van der Waals surface area contributed by atoms with Crippen molar-refractivity contribution >= 4 is 0 Å². The van der Waals surface area contributed by atoms with Crippen LogP contribution in [0.2, 0.25) is 0 Å². The lowest BCUT2D eigenvalue weighted by molar-refractivity contribution is 0.660. The van der Waals surface area contributed by atoms with E-state index in [1.807, 2.05) is 36.6 Å². The molecule has 0 fully saturated rings. The summed E-state index contributed by atoms with van der Waals surface area (Å²) in [7, 11) is 1.95. The van der Waals surface area contributed by atoms with E-state index < -0.39 is 0 Å². The zero-order valence-electron chi connectivity index (χ0n) is 12.3. The molecule has 1 aromatic carbocycles. The second kappa shape index (κ2) is 5.93. The van der Waals surface area contributed by atoms with Crippen molar-refractivity contribution < 1.29 is 0 Å². The van der Waals surface area contributed by atoms with E-state index in [1.54, 1.807) is 0 Å². The Bertz CT molecular complexity index is 726. The fraction of sp³-hybridized carbons (Fsp3) is 0.250. The van der Waals surface area contributed by atoms with E-state index in [2.05, 4.69) is 51.2 Å². The summed E-state index contributed by atoms with van der Waals surface area (Å²) in [5.41, 5.74) is 4.49. The van der Waals surface area contributed by atoms with Crippen LogP contribution in [0.1, 0.15) is 12.5 Å². The van der Waals surface area contributed by atoms with Crippen molar-refractivity contribution in [3.8, 4) is 16.9 Å². The van der Waals surface area contributed by atoms with Crippen molar-refractivity contribution in [1.29, 1.82) is 0 Å². The molecule has 0 radical (unpaired) electrons. The fourth-order valence-corrected chi connectivity index (χ4v) is 2.40. The summed E-state index contributed by atoms with van der Waals surface area (Å²) in [5, 5.41) is 7.51. The number of aromatic nitrogens is 4. The van der Waals surface area contributed by atoms with Crippen LogP contribution < -0.4 is 5.32 Å². The van der Waals surface area contributed by atoms with E-state index in [-0.39, 0.29) is 0 Å². The van der Waals surface area contributed by atoms with Gasteiger partial charge in [0, 0.05) is 30.5 Å². The second-order valence-corrected chi connectivity index (χ2v) is 4.93. The number of hydrogen-bond acceptors (Lipinski definition) is 3. The van der Waals surface area contributed by atoms with Crippen LogP contribution in [0.25, 0.3) is 16.9 Å². The molecule has 108 valence electrons. The van der Waals surface area contributed by atoms with Crippen molar-refractivity contribution in [3.63, 3.8) is 0 Å². The first kappa shape index (κ1) is 13.6. The van der Waals surface area contributed by atoms with Crippen LogP contribution in [0.15, 0.2) is 49.2 Å². The minimum absolute atomic E-state index is 0.853. The summed E-state index contributed by atoms with van der Waals surface area (Å²) in [6.07, 6.45) is 7.65. The highest BCUT2D eigenvalue weighted by Gasteiger charge is 2.09. The second-order valence-electron chi connectivity index (χ2n) is 4.93. The van der Waals surface area contributed by atoms with Gasteiger partial charge in [-0.05, 0) is 31.7 Å². The zero-order valence-corrected chi connectivity index (χ0v) is 12.3. The quantitative estimate of drug-likeness (QED) is 0.781. The zero-order chi connectivity index (χ0) is 14.7. The highest BCUT2D eigenvalue weighted by Crippen LogP contribution is 2.22. The monoisotopic (exact) mass is 281 g/mol. The van der Waals surface area contributed by atoms with Gasteiger partial charge in [-0.2, -0.15) is 5.10 Å². The van der Waals surface area contributed by atoms with Gasteiger partial charge in [0.1, 0.15) is 0 Å². The molecule has 0 aliphatic rings. The molecule has 5 heteroatoms. The summed E-state index contributed by atoms with van der Waals surface area (Å²) in [4.78, 5) is 4.30. The van der Waals surface area contributed by atoms with Gasteiger partial charge in [-0.15, -0.1) is 0 Å². The van der Waals surface area contributed by atoms with Crippen LogP contribution in [0.4, 0.5) is 0 Å². The van der Waals surface area contributed by atoms with Gasteiger partial charge in [0.2, 0.25) is 0 Å². The van der Waals surface area contributed by atoms with Gasteiger partial charge in [-0.25, -0.2) is 4.98 Å². The Hall–Kier alpha value is -2.40. The van der Waals surface area contributed by atoms with Crippen LogP contribution in [0, 0.1) is 0 Å². The van der Waals surface area contributed by atoms with E-state index >= 15 is 0 Å². The lowest BCUT2D eigenvalue weighted by Crippen LogP contribution is -2.05. The van der Waals surface area contributed by atoms with Gasteiger partial charge in [-0.1, -0.05) is 12.1 Å². The molecule has 0 aliphatic heterocycles. The van der Waals surface area contributed by atoms with Gasteiger partial charge < -0.3 is 5.32 Å². The minimum Gasteiger partial charge on any atom is -0.316 e. The molecule has 0 bridgehead atoms. The maximum atomic E-state index is 4.34. The molecule has 0 unspecified atom stereocenters. The number of hydrogen-bond donors (Lipinski definition) is 1. The third-order valence-corrected chi connectivity index (χ3v) is 3.46. The van der Waals surface area contributed by atoms with Crippen LogP contribution in [-0.2, 0) is 13.1 Å². The number of imidazole rings is 1. The Kier molecular flexibility index (Phi) is 3.83. The Balaban J connectivity index is 2.00. The third-order valence-electron chi connectivity index (χ3n) is 3.46. The summed E-state index contributed by atoms with van der Waals surface area (Å²) < 4.78 is 4.01.